The van der Waals surface area contributed by atoms with Crippen molar-refractivity contribution in [2.24, 2.45) is 11.8 Å². The molecule has 4 heteroatoms. The fourth-order valence-electron chi connectivity index (χ4n) is 2.49. The number of nitrogens with zero attached hydrogens (tertiary/aromatic N) is 1. The van der Waals surface area contributed by atoms with Crippen LogP contribution in [0.2, 0.25) is 0 Å². The molecule has 1 aromatic carbocycles. The molecule has 0 radical (unpaired) electrons. The van der Waals surface area contributed by atoms with Crippen LogP contribution < -0.4 is 4.90 Å². The van der Waals surface area contributed by atoms with Gasteiger partial charge in [0.2, 0.25) is 0 Å². The summed E-state index contributed by atoms with van der Waals surface area (Å²) in [5.74, 6) is 1.46. The van der Waals surface area contributed by atoms with E-state index < -0.39 is 11.7 Å². The minimum atomic E-state index is -4.24. The Labute approximate surface area is 91.9 Å². The molecule has 16 heavy (non-hydrogen) atoms. The largest absolute Gasteiger partial charge is 0.416 e. The van der Waals surface area contributed by atoms with Crippen LogP contribution in [0.5, 0.6) is 0 Å². The zero-order valence-electron chi connectivity index (χ0n) is 8.67. The second-order valence-corrected chi connectivity index (χ2v) is 4.71. The van der Waals surface area contributed by atoms with E-state index in [0.29, 0.717) is 5.69 Å². The Balaban J connectivity index is 1.85. The maximum absolute atomic E-state index is 12.5. The second-order valence-electron chi connectivity index (χ2n) is 4.71. The zero-order chi connectivity index (χ0) is 11.3. The van der Waals surface area contributed by atoms with Crippen molar-refractivity contribution in [3.8, 4) is 0 Å². The van der Waals surface area contributed by atoms with Crippen molar-refractivity contribution in [3.63, 3.8) is 0 Å². The van der Waals surface area contributed by atoms with Gasteiger partial charge in [-0.2, -0.15) is 13.2 Å². The van der Waals surface area contributed by atoms with Crippen molar-refractivity contribution < 1.29 is 13.2 Å². The highest BCUT2D eigenvalue weighted by molar-refractivity contribution is 5.51. The molecule has 86 valence electrons. The highest BCUT2D eigenvalue weighted by Gasteiger charge is 2.45. The summed E-state index contributed by atoms with van der Waals surface area (Å²) < 4.78 is 37.6. The van der Waals surface area contributed by atoms with Crippen LogP contribution in [0.25, 0.3) is 0 Å². The first kappa shape index (κ1) is 10.00. The van der Waals surface area contributed by atoms with E-state index in [9.17, 15) is 13.2 Å². The van der Waals surface area contributed by atoms with Gasteiger partial charge in [0.25, 0.3) is 0 Å². The Morgan fingerprint density at radius 2 is 1.81 bits per heavy atom. The van der Waals surface area contributed by atoms with Gasteiger partial charge in [0, 0.05) is 18.8 Å². The van der Waals surface area contributed by atoms with Crippen LogP contribution in [0.4, 0.5) is 18.9 Å². The average Bonchev–Trinajstić information content (AvgIpc) is 2.85. The van der Waals surface area contributed by atoms with Crippen molar-refractivity contribution in [2.45, 2.75) is 12.6 Å². The Bertz CT molecular complexity index is 403. The number of benzene rings is 1. The van der Waals surface area contributed by atoms with Crippen molar-refractivity contribution in [2.75, 3.05) is 18.0 Å². The van der Waals surface area contributed by atoms with E-state index >= 15 is 0 Å². The molecule has 1 aliphatic heterocycles. The minimum Gasteiger partial charge on any atom is -0.371 e. The van der Waals surface area contributed by atoms with Crippen molar-refractivity contribution in [1.29, 1.82) is 0 Å². The minimum absolute atomic E-state index is 0.550. The summed E-state index contributed by atoms with van der Waals surface area (Å²) in [4.78, 5) is 2.06. The Hall–Kier alpha value is -1.19. The molecule has 1 aliphatic carbocycles. The first-order valence-corrected chi connectivity index (χ1v) is 5.46. The van der Waals surface area contributed by atoms with E-state index in [1.807, 2.05) is 0 Å². The van der Waals surface area contributed by atoms with Gasteiger partial charge in [-0.15, -0.1) is 0 Å². The fraction of sp³-hybridized carbons (Fsp3) is 0.500. The van der Waals surface area contributed by atoms with Crippen LogP contribution in [-0.4, -0.2) is 13.1 Å². The summed E-state index contributed by atoms with van der Waals surface area (Å²) >= 11 is 0. The van der Waals surface area contributed by atoms with Crippen LogP contribution in [0.3, 0.4) is 0 Å². The first-order chi connectivity index (χ1) is 7.54. The molecule has 0 aromatic heterocycles. The van der Waals surface area contributed by atoms with Gasteiger partial charge in [-0.3, -0.25) is 0 Å². The van der Waals surface area contributed by atoms with Gasteiger partial charge in [0.15, 0.2) is 0 Å². The van der Waals surface area contributed by atoms with E-state index in [0.717, 1.165) is 31.0 Å². The maximum Gasteiger partial charge on any atom is 0.416 e. The average molecular weight is 227 g/mol. The van der Waals surface area contributed by atoms with Gasteiger partial charge in [-0.1, -0.05) is 6.07 Å². The van der Waals surface area contributed by atoms with E-state index in [2.05, 4.69) is 4.90 Å². The van der Waals surface area contributed by atoms with Crippen LogP contribution in [0.15, 0.2) is 24.3 Å². The molecule has 1 saturated carbocycles. The summed E-state index contributed by atoms with van der Waals surface area (Å²) in [5.41, 5.74) is 0.160. The number of hydrogen-bond donors (Lipinski definition) is 0. The molecule has 0 spiro atoms. The fourth-order valence-corrected chi connectivity index (χ4v) is 2.49. The number of hydrogen-bond acceptors (Lipinski definition) is 1. The lowest BCUT2D eigenvalue weighted by Crippen LogP contribution is -2.22. The molecule has 2 fully saturated rings. The summed E-state index contributed by atoms with van der Waals surface area (Å²) in [6.07, 6.45) is -2.98. The molecular weight excluding hydrogens is 215 g/mol. The molecule has 1 heterocycles. The monoisotopic (exact) mass is 227 g/mol. The number of rotatable bonds is 1. The third-order valence-corrected chi connectivity index (χ3v) is 3.52. The first-order valence-electron chi connectivity index (χ1n) is 5.46. The van der Waals surface area contributed by atoms with Gasteiger partial charge < -0.3 is 4.90 Å². The van der Waals surface area contributed by atoms with Gasteiger partial charge in [-0.05, 0) is 36.5 Å². The number of fused-ring (bicyclic) bond motifs is 1. The number of anilines is 1. The number of piperidine rings is 1. The number of alkyl halides is 3. The summed E-state index contributed by atoms with van der Waals surface area (Å²) in [6.45, 7) is 1.85. The van der Waals surface area contributed by atoms with Crippen LogP contribution in [0.1, 0.15) is 12.0 Å². The van der Waals surface area contributed by atoms with Gasteiger partial charge >= 0.3 is 6.18 Å². The molecule has 0 bridgehead atoms. The lowest BCUT2D eigenvalue weighted by Gasteiger charge is -2.21. The van der Waals surface area contributed by atoms with E-state index in [1.165, 1.54) is 18.6 Å². The standard InChI is InChI=1S/C12H12F3N/c13-12(14,15)10-2-1-3-11(5-10)16-6-8-4-9(8)7-16/h1-3,5,8-9H,4,6-7H2/t8-,9+. The van der Waals surface area contributed by atoms with Crippen molar-refractivity contribution in [3.05, 3.63) is 29.8 Å². The van der Waals surface area contributed by atoms with Crippen molar-refractivity contribution >= 4 is 5.69 Å². The van der Waals surface area contributed by atoms with E-state index in [1.54, 1.807) is 6.07 Å². The van der Waals surface area contributed by atoms with Gasteiger partial charge in [-0.25, -0.2) is 0 Å². The Morgan fingerprint density at radius 3 is 2.44 bits per heavy atom. The quantitative estimate of drug-likeness (QED) is 0.712. The smallest absolute Gasteiger partial charge is 0.371 e. The third kappa shape index (κ3) is 1.66. The zero-order valence-corrected chi connectivity index (χ0v) is 8.67. The molecule has 0 amide bonds. The third-order valence-electron chi connectivity index (χ3n) is 3.52. The number of halogens is 3. The van der Waals surface area contributed by atoms with Crippen LogP contribution >= 0.6 is 0 Å². The van der Waals surface area contributed by atoms with Gasteiger partial charge in [0.1, 0.15) is 0 Å². The maximum atomic E-state index is 12.5. The highest BCUT2D eigenvalue weighted by atomic mass is 19.4. The second kappa shape index (κ2) is 3.15. The lowest BCUT2D eigenvalue weighted by atomic mass is 10.2. The normalized spacial score (nSPS) is 28.1. The summed E-state index contributed by atoms with van der Waals surface area (Å²) in [5, 5.41) is 0. The lowest BCUT2D eigenvalue weighted by molar-refractivity contribution is -0.137. The SMILES string of the molecule is FC(F)(F)c1cccc(N2C[C@H]3C[C@H]3C2)c1. The molecule has 1 saturated heterocycles. The Morgan fingerprint density at radius 1 is 1.12 bits per heavy atom. The molecule has 2 atom stereocenters. The van der Waals surface area contributed by atoms with E-state index in [4.69, 9.17) is 0 Å². The summed E-state index contributed by atoms with van der Waals surface area (Å²) in [7, 11) is 0. The molecule has 3 rings (SSSR count). The highest BCUT2D eigenvalue weighted by Crippen LogP contribution is 2.46. The summed E-state index contributed by atoms with van der Waals surface area (Å²) in [6, 6.07) is 5.63. The molecule has 0 unspecified atom stereocenters. The van der Waals surface area contributed by atoms with Crippen LogP contribution in [-0.2, 0) is 6.18 Å². The predicted octanol–water partition coefficient (Wildman–Crippen LogP) is 3.16. The molecule has 2 aliphatic rings. The Kier molecular flexibility index (Phi) is 1.97. The molecule has 0 N–H and O–H groups in total. The topological polar surface area (TPSA) is 3.24 Å². The molecule has 1 nitrogen and oxygen atoms in total. The van der Waals surface area contributed by atoms with Crippen LogP contribution in [0, 0.1) is 11.8 Å². The predicted molar refractivity (Wildman–Crippen MR) is 55.3 cm³/mol. The van der Waals surface area contributed by atoms with Crippen molar-refractivity contribution in [1.82, 2.24) is 0 Å². The molecular formula is C12H12F3N. The van der Waals surface area contributed by atoms with E-state index in [-0.39, 0.29) is 0 Å². The molecule has 1 aromatic rings. The van der Waals surface area contributed by atoms with Gasteiger partial charge in [0.05, 0.1) is 5.56 Å².